The monoisotopic (exact) mass is 232 g/mol. The van der Waals surface area contributed by atoms with Gasteiger partial charge in [-0.3, -0.25) is 15.0 Å². The van der Waals surface area contributed by atoms with Gasteiger partial charge in [-0.2, -0.15) is 0 Å². The fraction of sp³-hybridized carbons (Fsp3) is 0.800. The van der Waals surface area contributed by atoms with Gasteiger partial charge in [0, 0.05) is 6.54 Å². The van der Waals surface area contributed by atoms with E-state index in [1.165, 1.54) is 0 Å². The maximum absolute atomic E-state index is 11.3. The normalized spacial score (nSPS) is 11.4. The van der Waals surface area contributed by atoms with Gasteiger partial charge in [0.1, 0.15) is 0 Å². The van der Waals surface area contributed by atoms with Gasteiger partial charge in [-0.05, 0) is 27.8 Å². The highest BCUT2D eigenvalue weighted by atomic mass is 16.5. The molecule has 6 nitrogen and oxygen atoms in total. The molecule has 0 saturated heterocycles. The summed E-state index contributed by atoms with van der Waals surface area (Å²) in [4.78, 5) is 23.8. The first-order valence-electron chi connectivity index (χ1n) is 5.12. The van der Waals surface area contributed by atoms with E-state index < -0.39 is 17.6 Å². The van der Waals surface area contributed by atoms with E-state index in [1.807, 2.05) is 0 Å². The Kier molecular flexibility index (Phi) is 5.98. The molecular weight excluding hydrogens is 212 g/mol. The molecule has 16 heavy (non-hydrogen) atoms. The van der Waals surface area contributed by atoms with Crippen molar-refractivity contribution in [2.45, 2.75) is 26.4 Å². The number of hydrogen-bond donors (Lipinski definition) is 2. The van der Waals surface area contributed by atoms with Crippen LogP contribution in [0.4, 0.5) is 4.79 Å². The highest BCUT2D eigenvalue weighted by Crippen LogP contribution is 2.02. The third-order valence-corrected chi connectivity index (χ3v) is 1.59. The van der Waals surface area contributed by atoms with E-state index in [-0.39, 0.29) is 13.2 Å². The SMILES string of the molecule is CCOC(=O)NC(=O)CN(C)CC(C)(C)O. The number of likely N-dealkylation sites (N-methyl/N-ethyl adjacent to an activating group) is 1. The Morgan fingerprint density at radius 3 is 2.44 bits per heavy atom. The molecule has 0 fully saturated rings. The third-order valence-electron chi connectivity index (χ3n) is 1.59. The van der Waals surface area contributed by atoms with E-state index in [4.69, 9.17) is 0 Å². The zero-order valence-corrected chi connectivity index (χ0v) is 10.2. The highest BCUT2D eigenvalue weighted by Gasteiger charge is 2.18. The van der Waals surface area contributed by atoms with Crippen LogP contribution in [0.2, 0.25) is 0 Å². The third kappa shape index (κ3) is 8.19. The standard InChI is InChI=1S/C10H20N2O4/c1-5-16-9(14)11-8(13)6-12(4)7-10(2,3)15/h15H,5-7H2,1-4H3,(H,11,13,14). The summed E-state index contributed by atoms with van der Waals surface area (Å²) >= 11 is 0. The van der Waals surface area contributed by atoms with Crippen molar-refractivity contribution in [2.24, 2.45) is 0 Å². The smallest absolute Gasteiger partial charge is 0.413 e. The van der Waals surface area contributed by atoms with E-state index in [0.717, 1.165) is 0 Å². The molecule has 0 aromatic heterocycles. The molecule has 0 radical (unpaired) electrons. The first kappa shape index (κ1) is 14.9. The number of hydrogen-bond acceptors (Lipinski definition) is 5. The maximum Gasteiger partial charge on any atom is 0.413 e. The van der Waals surface area contributed by atoms with Crippen molar-refractivity contribution in [3.05, 3.63) is 0 Å². The van der Waals surface area contributed by atoms with Crippen LogP contribution in [0.3, 0.4) is 0 Å². The number of nitrogens with one attached hydrogen (secondary N) is 1. The minimum atomic E-state index is -0.876. The molecule has 2 N–H and O–H groups in total. The predicted octanol–water partition coefficient (Wildman–Crippen LogP) is -0.0382. The molecule has 0 spiro atoms. The lowest BCUT2D eigenvalue weighted by molar-refractivity contribution is -0.121. The van der Waals surface area contributed by atoms with Gasteiger partial charge in [-0.15, -0.1) is 0 Å². The summed E-state index contributed by atoms with van der Waals surface area (Å²) in [7, 11) is 1.68. The van der Waals surface area contributed by atoms with Gasteiger partial charge < -0.3 is 9.84 Å². The molecule has 0 aliphatic carbocycles. The van der Waals surface area contributed by atoms with Crippen molar-refractivity contribution >= 4 is 12.0 Å². The fourth-order valence-electron chi connectivity index (χ4n) is 1.28. The Labute approximate surface area is 95.6 Å². The molecule has 0 aromatic rings. The Bertz CT molecular complexity index is 248. The number of imide groups is 1. The summed E-state index contributed by atoms with van der Waals surface area (Å²) in [6.45, 7) is 5.54. The van der Waals surface area contributed by atoms with Gasteiger partial charge in [0.2, 0.25) is 5.91 Å². The zero-order valence-electron chi connectivity index (χ0n) is 10.2. The molecule has 0 atom stereocenters. The molecule has 0 heterocycles. The summed E-state index contributed by atoms with van der Waals surface area (Å²) in [6, 6.07) is 0. The number of alkyl carbamates (subject to hydrolysis) is 1. The van der Waals surface area contributed by atoms with Crippen LogP contribution in [-0.2, 0) is 9.53 Å². The topological polar surface area (TPSA) is 78.9 Å². The van der Waals surface area contributed by atoms with Crippen LogP contribution in [-0.4, -0.2) is 54.4 Å². The van der Waals surface area contributed by atoms with Gasteiger partial charge in [0.15, 0.2) is 0 Å². The van der Waals surface area contributed by atoms with Gasteiger partial charge in [0.05, 0.1) is 18.8 Å². The molecule has 0 bridgehead atoms. The van der Waals surface area contributed by atoms with Crippen LogP contribution in [0.15, 0.2) is 0 Å². The Morgan fingerprint density at radius 1 is 1.44 bits per heavy atom. The van der Waals surface area contributed by atoms with Crippen LogP contribution in [0.5, 0.6) is 0 Å². The van der Waals surface area contributed by atoms with Crippen LogP contribution >= 0.6 is 0 Å². The van der Waals surface area contributed by atoms with Crippen molar-refractivity contribution < 1.29 is 19.4 Å². The second-order valence-electron chi connectivity index (χ2n) is 4.25. The molecule has 0 aromatic carbocycles. The average Bonchev–Trinajstić information content (AvgIpc) is 1.98. The van der Waals surface area contributed by atoms with E-state index in [0.29, 0.717) is 6.54 Å². The largest absolute Gasteiger partial charge is 0.450 e. The number of amides is 2. The molecule has 6 heteroatoms. The quantitative estimate of drug-likeness (QED) is 0.695. The van der Waals surface area contributed by atoms with Crippen LogP contribution in [0.1, 0.15) is 20.8 Å². The lowest BCUT2D eigenvalue weighted by Gasteiger charge is -2.24. The van der Waals surface area contributed by atoms with Crippen molar-refractivity contribution in [3.8, 4) is 0 Å². The first-order valence-corrected chi connectivity index (χ1v) is 5.12. The van der Waals surface area contributed by atoms with Crippen molar-refractivity contribution in [3.63, 3.8) is 0 Å². The predicted molar refractivity (Wildman–Crippen MR) is 59.0 cm³/mol. The molecule has 0 aliphatic heterocycles. The molecular formula is C10H20N2O4. The molecule has 0 unspecified atom stereocenters. The second-order valence-corrected chi connectivity index (χ2v) is 4.25. The summed E-state index contributed by atoms with van der Waals surface area (Å²) in [5.74, 6) is -0.454. The molecule has 2 amide bonds. The lowest BCUT2D eigenvalue weighted by Crippen LogP contribution is -2.43. The Morgan fingerprint density at radius 2 is 2.00 bits per heavy atom. The highest BCUT2D eigenvalue weighted by molar-refractivity contribution is 5.92. The van der Waals surface area contributed by atoms with Crippen LogP contribution in [0, 0.1) is 0 Å². The minimum Gasteiger partial charge on any atom is -0.450 e. The van der Waals surface area contributed by atoms with E-state index in [1.54, 1.807) is 32.7 Å². The van der Waals surface area contributed by atoms with Crippen molar-refractivity contribution in [1.82, 2.24) is 10.2 Å². The molecule has 0 saturated carbocycles. The summed E-state index contributed by atoms with van der Waals surface area (Å²) in [5.41, 5.74) is -0.876. The number of rotatable bonds is 5. The van der Waals surface area contributed by atoms with E-state index >= 15 is 0 Å². The second kappa shape index (κ2) is 6.44. The van der Waals surface area contributed by atoms with E-state index in [2.05, 4.69) is 10.1 Å². The number of carbonyl (C=O) groups is 2. The van der Waals surface area contributed by atoms with Gasteiger partial charge >= 0.3 is 6.09 Å². The lowest BCUT2D eigenvalue weighted by atomic mass is 10.1. The maximum atomic E-state index is 11.3. The van der Waals surface area contributed by atoms with Crippen LogP contribution < -0.4 is 5.32 Å². The summed E-state index contributed by atoms with van der Waals surface area (Å²) in [5, 5.41) is 11.6. The van der Waals surface area contributed by atoms with Gasteiger partial charge in [0.25, 0.3) is 0 Å². The van der Waals surface area contributed by atoms with Crippen LogP contribution in [0.25, 0.3) is 0 Å². The van der Waals surface area contributed by atoms with Gasteiger partial charge in [-0.1, -0.05) is 0 Å². The molecule has 0 rings (SSSR count). The number of aliphatic hydroxyl groups is 1. The summed E-state index contributed by atoms with van der Waals surface area (Å²) in [6.07, 6.45) is -0.746. The fourth-order valence-corrected chi connectivity index (χ4v) is 1.28. The Hall–Kier alpha value is -1.14. The summed E-state index contributed by atoms with van der Waals surface area (Å²) < 4.78 is 4.56. The minimum absolute atomic E-state index is 0.0306. The first-order chi connectivity index (χ1) is 7.24. The zero-order chi connectivity index (χ0) is 12.8. The average molecular weight is 232 g/mol. The number of carbonyl (C=O) groups excluding carboxylic acids is 2. The molecule has 0 aliphatic rings. The van der Waals surface area contributed by atoms with E-state index in [9.17, 15) is 14.7 Å². The van der Waals surface area contributed by atoms with Gasteiger partial charge in [-0.25, -0.2) is 4.79 Å². The number of nitrogens with zero attached hydrogens (tertiary/aromatic N) is 1. The van der Waals surface area contributed by atoms with Crippen molar-refractivity contribution in [1.29, 1.82) is 0 Å². The number of ether oxygens (including phenoxy) is 1. The molecule has 94 valence electrons. The Balaban J connectivity index is 3.92. The van der Waals surface area contributed by atoms with Crippen molar-refractivity contribution in [2.75, 3.05) is 26.7 Å².